The van der Waals surface area contributed by atoms with Crippen molar-refractivity contribution in [1.82, 2.24) is 9.97 Å². The summed E-state index contributed by atoms with van der Waals surface area (Å²) in [4.78, 5) is 32.0. The van der Waals surface area contributed by atoms with E-state index in [0.717, 1.165) is 5.52 Å². The molecule has 0 aliphatic rings. The Balaban J connectivity index is 1.68. The summed E-state index contributed by atoms with van der Waals surface area (Å²) in [6.07, 6.45) is 0. The summed E-state index contributed by atoms with van der Waals surface area (Å²) in [6.45, 7) is 0. The number of carboxylic acid groups (broad SMARTS) is 1. The van der Waals surface area contributed by atoms with Crippen LogP contribution in [0, 0.1) is 0 Å². The summed E-state index contributed by atoms with van der Waals surface area (Å²) in [5.74, 6) is -1.51. The first-order valence-electron chi connectivity index (χ1n) is 7.90. The minimum Gasteiger partial charge on any atom is -0.478 e. The van der Waals surface area contributed by atoms with Crippen molar-refractivity contribution in [3.05, 3.63) is 70.3 Å². The number of fused-ring (bicyclic) bond motifs is 1. The number of carbonyl (C=O) groups is 2. The second kappa shape index (κ2) is 6.86. The molecule has 0 aliphatic heterocycles. The zero-order valence-corrected chi connectivity index (χ0v) is 15.3. The highest BCUT2D eigenvalue weighted by atomic mass is 35.5. The topological polar surface area (TPSA) is 95.1 Å². The van der Waals surface area contributed by atoms with E-state index in [9.17, 15) is 14.7 Å². The number of aromatic carboxylic acids is 1. The van der Waals surface area contributed by atoms with Gasteiger partial charge in [0.2, 0.25) is 0 Å². The number of amides is 1. The molecular weight excluding hydrogens is 386 g/mol. The van der Waals surface area contributed by atoms with Crippen LogP contribution in [-0.2, 0) is 0 Å². The Hall–Kier alpha value is -3.16. The summed E-state index contributed by atoms with van der Waals surface area (Å²) < 4.78 is 0. The molecule has 0 atom stereocenters. The van der Waals surface area contributed by atoms with Crippen LogP contribution in [0.2, 0.25) is 5.02 Å². The lowest BCUT2D eigenvalue weighted by molar-refractivity contribution is 0.0699. The number of H-pyrrole nitrogens is 1. The molecule has 3 N–H and O–H groups in total. The van der Waals surface area contributed by atoms with Gasteiger partial charge in [-0.1, -0.05) is 35.9 Å². The SMILES string of the molecule is O=C(Nc1csc(-c2ccc(Cl)cc2)c1C(=O)O)c1nc2ccccc2[nH]1. The van der Waals surface area contributed by atoms with Crippen LogP contribution < -0.4 is 5.32 Å². The standard InChI is InChI=1S/C19H12ClN3O3S/c20-11-7-5-10(6-8-11)16-15(19(25)26)14(9-27-16)23-18(24)17-21-12-3-1-2-4-13(12)22-17/h1-9H,(H,21,22)(H,23,24)(H,25,26). The zero-order chi connectivity index (χ0) is 19.0. The summed E-state index contributed by atoms with van der Waals surface area (Å²) in [6, 6.07) is 14.1. The number of nitrogens with one attached hydrogen (secondary N) is 2. The van der Waals surface area contributed by atoms with Gasteiger partial charge in [-0.25, -0.2) is 9.78 Å². The summed E-state index contributed by atoms with van der Waals surface area (Å²) in [5.41, 5.74) is 2.36. The third kappa shape index (κ3) is 3.30. The molecule has 0 aliphatic carbocycles. The fraction of sp³-hybridized carbons (Fsp3) is 0. The average molecular weight is 398 g/mol. The molecule has 0 saturated heterocycles. The Morgan fingerprint density at radius 3 is 2.56 bits per heavy atom. The van der Waals surface area contributed by atoms with E-state index in [1.807, 2.05) is 18.2 Å². The first kappa shape index (κ1) is 17.3. The van der Waals surface area contributed by atoms with E-state index in [1.165, 1.54) is 11.3 Å². The van der Waals surface area contributed by atoms with Crippen molar-refractivity contribution >= 4 is 51.5 Å². The second-order valence-electron chi connectivity index (χ2n) is 5.72. The number of aromatic amines is 1. The molecule has 8 heteroatoms. The summed E-state index contributed by atoms with van der Waals surface area (Å²) in [5, 5.41) is 14.5. The van der Waals surface area contributed by atoms with Crippen molar-refractivity contribution < 1.29 is 14.7 Å². The molecule has 1 amide bonds. The smallest absolute Gasteiger partial charge is 0.339 e. The molecule has 27 heavy (non-hydrogen) atoms. The first-order chi connectivity index (χ1) is 13.0. The van der Waals surface area contributed by atoms with Crippen LogP contribution in [0.15, 0.2) is 53.9 Å². The van der Waals surface area contributed by atoms with Gasteiger partial charge in [-0.05, 0) is 29.8 Å². The molecule has 0 saturated carbocycles. The quantitative estimate of drug-likeness (QED) is 0.456. The molecule has 134 valence electrons. The van der Waals surface area contributed by atoms with Gasteiger partial charge in [0.15, 0.2) is 5.82 Å². The number of carbonyl (C=O) groups excluding carboxylic acids is 1. The number of aromatic nitrogens is 2. The Labute approximate surface area is 162 Å². The van der Waals surface area contributed by atoms with E-state index in [4.69, 9.17) is 11.6 Å². The lowest BCUT2D eigenvalue weighted by Gasteiger charge is -2.05. The van der Waals surface area contributed by atoms with Gasteiger partial charge < -0.3 is 15.4 Å². The fourth-order valence-corrected chi connectivity index (χ4v) is 3.84. The van der Waals surface area contributed by atoms with Crippen molar-refractivity contribution in [2.45, 2.75) is 0 Å². The molecule has 0 spiro atoms. The molecule has 4 rings (SSSR count). The molecule has 2 aromatic heterocycles. The van der Waals surface area contributed by atoms with Crippen molar-refractivity contribution in [1.29, 1.82) is 0 Å². The third-order valence-corrected chi connectivity index (χ3v) is 5.25. The van der Waals surface area contributed by atoms with Crippen LogP contribution >= 0.6 is 22.9 Å². The van der Waals surface area contributed by atoms with Gasteiger partial charge in [-0.3, -0.25) is 4.79 Å². The maximum Gasteiger partial charge on any atom is 0.339 e. The molecule has 2 aromatic carbocycles. The number of hydrogen-bond donors (Lipinski definition) is 3. The van der Waals surface area contributed by atoms with E-state index in [2.05, 4.69) is 15.3 Å². The van der Waals surface area contributed by atoms with Crippen molar-refractivity contribution in [2.24, 2.45) is 0 Å². The first-order valence-corrected chi connectivity index (χ1v) is 9.15. The Morgan fingerprint density at radius 1 is 1.11 bits per heavy atom. The largest absolute Gasteiger partial charge is 0.478 e. The molecule has 0 bridgehead atoms. The predicted molar refractivity (Wildman–Crippen MR) is 106 cm³/mol. The minimum absolute atomic E-state index is 0.0341. The van der Waals surface area contributed by atoms with E-state index in [1.54, 1.807) is 35.7 Å². The zero-order valence-electron chi connectivity index (χ0n) is 13.7. The monoisotopic (exact) mass is 397 g/mol. The molecule has 0 fully saturated rings. The van der Waals surface area contributed by atoms with E-state index in [-0.39, 0.29) is 17.1 Å². The van der Waals surface area contributed by atoms with E-state index >= 15 is 0 Å². The number of halogens is 1. The summed E-state index contributed by atoms with van der Waals surface area (Å²) in [7, 11) is 0. The maximum atomic E-state index is 12.5. The van der Waals surface area contributed by atoms with E-state index < -0.39 is 11.9 Å². The number of imidazole rings is 1. The highest BCUT2D eigenvalue weighted by Gasteiger charge is 2.22. The Kier molecular flexibility index (Phi) is 4.39. The Bertz CT molecular complexity index is 1130. The van der Waals surface area contributed by atoms with Gasteiger partial charge in [0.05, 0.1) is 21.6 Å². The number of thiophene rings is 1. The Morgan fingerprint density at radius 2 is 1.85 bits per heavy atom. The molecule has 0 radical (unpaired) electrons. The number of benzene rings is 2. The minimum atomic E-state index is -1.12. The van der Waals surface area contributed by atoms with Gasteiger partial charge >= 0.3 is 5.97 Å². The lowest BCUT2D eigenvalue weighted by Crippen LogP contribution is -2.15. The lowest BCUT2D eigenvalue weighted by atomic mass is 10.1. The van der Waals surface area contributed by atoms with Crippen LogP contribution in [0.25, 0.3) is 21.5 Å². The van der Waals surface area contributed by atoms with Gasteiger partial charge in [-0.2, -0.15) is 0 Å². The predicted octanol–water partition coefficient (Wildman–Crippen LogP) is 4.90. The molecule has 0 unspecified atom stereocenters. The molecular formula is C19H12ClN3O3S. The molecule has 6 nitrogen and oxygen atoms in total. The van der Waals surface area contributed by atoms with E-state index in [0.29, 0.717) is 21.0 Å². The number of carboxylic acids is 1. The van der Waals surface area contributed by atoms with Gasteiger partial charge in [0, 0.05) is 10.4 Å². The average Bonchev–Trinajstić information content (AvgIpc) is 3.26. The number of para-hydroxylation sites is 2. The number of hydrogen-bond acceptors (Lipinski definition) is 4. The van der Waals surface area contributed by atoms with Crippen LogP contribution in [-0.4, -0.2) is 27.0 Å². The fourth-order valence-electron chi connectivity index (χ4n) is 2.72. The highest BCUT2D eigenvalue weighted by Crippen LogP contribution is 2.36. The summed E-state index contributed by atoms with van der Waals surface area (Å²) >= 11 is 7.13. The molecule has 2 heterocycles. The van der Waals surface area contributed by atoms with Crippen molar-refractivity contribution in [2.75, 3.05) is 5.32 Å². The third-order valence-electron chi connectivity index (χ3n) is 3.96. The number of anilines is 1. The van der Waals surface area contributed by atoms with Crippen molar-refractivity contribution in [3.8, 4) is 10.4 Å². The van der Waals surface area contributed by atoms with Crippen LogP contribution in [0.1, 0.15) is 21.0 Å². The normalized spacial score (nSPS) is 10.9. The van der Waals surface area contributed by atoms with Crippen LogP contribution in [0.5, 0.6) is 0 Å². The van der Waals surface area contributed by atoms with Crippen LogP contribution in [0.4, 0.5) is 5.69 Å². The second-order valence-corrected chi connectivity index (χ2v) is 7.04. The maximum absolute atomic E-state index is 12.5. The van der Waals surface area contributed by atoms with Crippen LogP contribution in [0.3, 0.4) is 0 Å². The highest BCUT2D eigenvalue weighted by molar-refractivity contribution is 7.14. The molecule has 4 aromatic rings. The van der Waals surface area contributed by atoms with Gasteiger partial charge in [-0.15, -0.1) is 11.3 Å². The number of nitrogens with zero attached hydrogens (tertiary/aromatic N) is 1. The van der Waals surface area contributed by atoms with Gasteiger partial charge in [0.25, 0.3) is 5.91 Å². The van der Waals surface area contributed by atoms with Gasteiger partial charge in [0.1, 0.15) is 5.56 Å². The van der Waals surface area contributed by atoms with Crippen molar-refractivity contribution in [3.63, 3.8) is 0 Å². The number of rotatable bonds is 4.